The van der Waals surface area contributed by atoms with Crippen molar-refractivity contribution >= 4 is 17.5 Å². The minimum Gasteiger partial charge on any atom is -0.356 e. The number of hydrogen-bond acceptors (Lipinski definition) is 6. The Hall–Kier alpha value is -3.30. The van der Waals surface area contributed by atoms with Crippen LogP contribution in [-0.2, 0) is 4.79 Å². The lowest BCUT2D eigenvalue weighted by Crippen LogP contribution is -2.43. The molecule has 1 aliphatic rings. The summed E-state index contributed by atoms with van der Waals surface area (Å²) < 4.78 is 1.43. The quantitative estimate of drug-likeness (QED) is 0.392. The zero-order chi connectivity index (χ0) is 22.4. The summed E-state index contributed by atoms with van der Waals surface area (Å²) in [7, 11) is 0. The molecule has 0 saturated carbocycles. The second-order valence-electron chi connectivity index (χ2n) is 7.78. The highest BCUT2D eigenvalue weighted by molar-refractivity contribution is 5.93. The monoisotopic (exact) mass is 428 g/mol. The van der Waals surface area contributed by atoms with Crippen LogP contribution in [0, 0.1) is 23.0 Å². The molecular formula is C21H28N6O4. The van der Waals surface area contributed by atoms with E-state index in [2.05, 4.69) is 22.6 Å². The second kappa shape index (κ2) is 10.1. The molecule has 0 radical (unpaired) electrons. The minimum atomic E-state index is -0.480. The maximum Gasteiger partial charge on any atom is 0.276 e. The number of rotatable bonds is 8. The van der Waals surface area contributed by atoms with Crippen LogP contribution in [0.4, 0.5) is 5.69 Å². The van der Waals surface area contributed by atoms with Crippen LogP contribution in [0.15, 0.2) is 24.3 Å². The van der Waals surface area contributed by atoms with Crippen molar-refractivity contribution in [3.8, 4) is 5.69 Å². The average Bonchev–Trinajstić information content (AvgIpc) is 3.17. The topological polar surface area (TPSA) is 123 Å². The molecule has 1 fully saturated rings. The normalized spacial score (nSPS) is 14.5. The van der Waals surface area contributed by atoms with Gasteiger partial charge in [0.2, 0.25) is 5.91 Å². The number of benzene rings is 1. The number of carbonyl (C=O) groups excluding carboxylic acids is 2. The van der Waals surface area contributed by atoms with E-state index in [-0.39, 0.29) is 29.1 Å². The molecule has 3 rings (SSSR count). The van der Waals surface area contributed by atoms with Gasteiger partial charge in [-0.15, -0.1) is 5.10 Å². The van der Waals surface area contributed by atoms with Gasteiger partial charge in [-0.1, -0.05) is 31.0 Å². The first-order chi connectivity index (χ1) is 14.9. The van der Waals surface area contributed by atoms with Crippen LogP contribution in [0.2, 0.25) is 0 Å². The van der Waals surface area contributed by atoms with Gasteiger partial charge in [0, 0.05) is 37.7 Å². The first kappa shape index (κ1) is 22.4. The lowest BCUT2D eigenvalue weighted by atomic mass is 9.95. The number of nitro groups is 1. The van der Waals surface area contributed by atoms with Gasteiger partial charge in [-0.25, -0.2) is 4.68 Å². The number of carbonyl (C=O) groups is 2. The second-order valence-corrected chi connectivity index (χ2v) is 7.78. The molecule has 1 aromatic carbocycles. The summed E-state index contributed by atoms with van der Waals surface area (Å²) >= 11 is 0. The predicted octanol–water partition coefficient (Wildman–Crippen LogP) is 2.64. The van der Waals surface area contributed by atoms with Crippen molar-refractivity contribution in [2.45, 2.75) is 46.0 Å². The molecule has 0 spiro atoms. The molecule has 2 heterocycles. The molecule has 1 aliphatic heterocycles. The molecule has 2 aromatic rings. The van der Waals surface area contributed by atoms with Crippen molar-refractivity contribution in [2.75, 3.05) is 19.6 Å². The average molecular weight is 428 g/mol. The Morgan fingerprint density at radius 1 is 1.26 bits per heavy atom. The highest BCUT2D eigenvalue weighted by atomic mass is 16.6. The Morgan fingerprint density at radius 3 is 2.68 bits per heavy atom. The summed E-state index contributed by atoms with van der Waals surface area (Å²) in [4.78, 5) is 37.5. The SMILES string of the molecule is CCCCCNC(=O)C1CCN(C(=O)c2nnn(-c3cccc([N+](=O)[O-])c3)c2C)CC1. The number of aromatic nitrogens is 3. The number of piperidine rings is 1. The molecule has 0 atom stereocenters. The van der Waals surface area contributed by atoms with Crippen LogP contribution in [-0.4, -0.2) is 56.3 Å². The van der Waals surface area contributed by atoms with E-state index in [0.29, 0.717) is 43.9 Å². The summed E-state index contributed by atoms with van der Waals surface area (Å²) in [5.74, 6) is -0.251. The van der Waals surface area contributed by atoms with Crippen LogP contribution < -0.4 is 5.32 Å². The van der Waals surface area contributed by atoms with Crippen molar-refractivity contribution < 1.29 is 14.5 Å². The molecule has 0 bridgehead atoms. The molecule has 10 nitrogen and oxygen atoms in total. The third kappa shape index (κ3) is 5.25. The summed E-state index contributed by atoms with van der Waals surface area (Å²) in [6.07, 6.45) is 4.43. The van der Waals surface area contributed by atoms with E-state index in [9.17, 15) is 19.7 Å². The van der Waals surface area contributed by atoms with E-state index < -0.39 is 4.92 Å². The van der Waals surface area contributed by atoms with Gasteiger partial charge in [0.05, 0.1) is 16.3 Å². The zero-order valence-electron chi connectivity index (χ0n) is 17.9. The van der Waals surface area contributed by atoms with E-state index >= 15 is 0 Å². The van der Waals surface area contributed by atoms with E-state index in [0.717, 1.165) is 19.3 Å². The van der Waals surface area contributed by atoms with Gasteiger partial charge in [0.15, 0.2) is 5.69 Å². The first-order valence-corrected chi connectivity index (χ1v) is 10.7. The molecular weight excluding hydrogens is 400 g/mol. The standard InChI is InChI=1S/C21H28N6O4/c1-3-4-5-11-22-20(28)16-9-12-25(13-10-16)21(29)19-15(2)26(24-23-19)17-7-6-8-18(14-17)27(30)31/h6-8,14,16H,3-5,9-13H2,1-2H3,(H,22,28). The summed E-state index contributed by atoms with van der Waals surface area (Å²) in [5.41, 5.74) is 1.14. The number of nitrogens with one attached hydrogen (secondary N) is 1. The van der Waals surface area contributed by atoms with Crippen LogP contribution in [0.1, 0.15) is 55.2 Å². The van der Waals surface area contributed by atoms with Crippen LogP contribution in [0.3, 0.4) is 0 Å². The molecule has 1 aromatic heterocycles. The van der Waals surface area contributed by atoms with Crippen molar-refractivity contribution in [1.82, 2.24) is 25.2 Å². The molecule has 10 heteroatoms. The first-order valence-electron chi connectivity index (χ1n) is 10.7. The Labute approximate surface area is 180 Å². The Morgan fingerprint density at radius 2 is 2.00 bits per heavy atom. The lowest BCUT2D eigenvalue weighted by molar-refractivity contribution is -0.384. The van der Waals surface area contributed by atoms with Gasteiger partial charge in [-0.3, -0.25) is 19.7 Å². The van der Waals surface area contributed by atoms with Crippen LogP contribution in [0.25, 0.3) is 5.69 Å². The fraction of sp³-hybridized carbons (Fsp3) is 0.524. The number of nitrogens with zero attached hydrogens (tertiary/aromatic N) is 5. The van der Waals surface area contributed by atoms with E-state index in [1.54, 1.807) is 24.0 Å². The fourth-order valence-corrected chi connectivity index (χ4v) is 3.74. The fourth-order valence-electron chi connectivity index (χ4n) is 3.74. The number of amides is 2. The predicted molar refractivity (Wildman–Crippen MR) is 114 cm³/mol. The van der Waals surface area contributed by atoms with Crippen molar-refractivity contribution in [3.05, 3.63) is 45.8 Å². The largest absolute Gasteiger partial charge is 0.356 e. The van der Waals surface area contributed by atoms with E-state index in [1.807, 2.05) is 0 Å². The Bertz CT molecular complexity index is 949. The summed E-state index contributed by atoms with van der Waals surface area (Å²) in [5, 5.41) is 22.1. The maximum atomic E-state index is 13.0. The minimum absolute atomic E-state index is 0.0599. The van der Waals surface area contributed by atoms with Gasteiger partial charge in [0.25, 0.3) is 11.6 Å². The van der Waals surface area contributed by atoms with Gasteiger partial charge < -0.3 is 10.2 Å². The molecule has 31 heavy (non-hydrogen) atoms. The summed E-state index contributed by atoms with van der Waals surface area (Å²) in [6, 6.07) is 6.02. The van der Waals surface area contributed by atoms with Crippen molar-refractivity contribution in [2.24, 2.45) is 5.92 Å². The third-order valence-corrected chi connectivity index (χ3v) is 5.61. The Kier molecular flexibility index (Phi) is 7.32. The Balaban J connectivity index is 1.61. The molecule has 1 saturated heterocycles. The van der Waals surface area contributed by atoms with Crippen molar-refractivity contribution in [3.63, 3.8) is 0 Å². The third-order valence-electron chi connectivity index (χ3n) is 5.61. The van der Waals surface area contributed by atoms with Crippen LogP contribution in [0.5, 0.6) is 0 Å². The lowest BCUT2D eigenvalue weighted by Gasteiger charge is -2.31. The molecule has 1 N–H and O–H groups in total. The number of hydrogen-bond donors (Lipinski definition) is 1. The number of non-ortho nitro benzene ring substituents is 1. The number of nitro benzene ring substituents is 1. The van der Waals surface area contributed by atoms with E-state index in [1.165, 1.54) is 16.8 Å². The van der Waals surface area contributed by atoms with Crippen LogP contribution >= 0.6 is 0 Å². The molecule has 2 amide bonds. The summed E-state index contributed by atoms with van der Waals surface area (Å²) in [6.45, 7) is 5.50. The van der Waals surface area contributed by atoms with Crippen molar-refractivity contribution in [1.29, 1.82) is 0 Å². The van der Waals surface area contributed by atoms with Gasteiger partial charge in [-0.05, 0) is 32.3 Å². The van der Waals surface area contributed by atoms with Gasteiger partial charge in [0.1, 0.15) is 0 Å². The molecule has 0 unspecified atom stereocenters. The molecule has 166 valence electrons. The molecule has 0 aliphatic carbocycles. The highest BCUT2D eigenvalue weighted by Gasteiger charge is 2.30. The smallest absolute Gasteiger partial charge is 0.276 e. The zero-order valence-corrected chi connectivity index (χ0v) is 17.9. The maximum absolute atomic E-state index is 13.0. The van der Waals surface area contributed by atoms with Gasteiger partial charge >= 0.3 is 0 Å². The van der Waals surface area contributed by atoms with Gasteiger partial charge in [-0.2, -0.15) is 0 Å². The number of unbranched alkanes of at least 4 members (excludes halogenated alkanes) is 2. The highest BCUT2D eigenvalue weighted by Crippen LogP contribution is 2.22. The van der Waals surface area contributed by atoms with E-state index in [4.69, 9.17) is 0 Å². The number of likely N-dealkylation sites (tertiary alicyclic amines) is 1.